The number of hydrogen-bond acceptors (Lipinski definition) is 7. The third kappa shape index (κ3) is 3.38. The molecule has 32 heavy (non-hydrogen) atoms. The van der Waals surface area contributed by atoms with Crippen LogP contribution in [0.2, 0.25) is 0 Å². The van der Waals surface area contributed by atoms with Gasteiger partial charge in [-0.1, -0.05) is 0 Å². The summed E-state index contributed by atoms with van der Waals surface area (Å²) in [6.07, 6.45) is 5.68. The monoisotopic (exact) mass is 428 g/mol. The molecule has 1 fully saturated rings. The van der Waals surface area contributed by atoms with Gasteiger partial charge in [0.25, 0.3) is 0 Å². The molecule has 0 radical (unpaired) electrons. The predicted molar refractivity (Wildman–Crippen MR) is 125 cm³/mol. The standard InChI is InChI=1S/C24H24N6O2/c1-24(31)14-30(15-24)18-5-3-17(4-6-18)27-22-23-26-8-10-29(23)13-20(28-22)16-2-7-21-19(12-16)25-9-11-32-21/h2-8,10,12-13,25,31H,9,11,14-15H2,1H3,(H,27,28). The highest BCUT2D eigenvalue weighted by Crippen LogP contribution is 2.33. The summed E-state index contributed by atoms with van der Waals surface area (Å²) in [7, 11) is 0. The van der Waals surface area contributed by atoms with Crippen molar-refractivity contribution in [1.82, 2.24) is 14.4 Å². The summed E-state index contributed by atoms with van der Waals surface area (Å²) < 4.78 is 7.67. The van der Waals surface area contributed by atoms with E-state index < -0.39 is 5.60 Å². The summed E-state index contributed by atoms with van der Waals surface area (Å²) >= 11 is 0. The van der Waals surface area contributed by atoms with Gasteiger partial charge in [-0.3, -0.25) is 0 Å². The smallest absolute Gasteiger partial charge is 0.180 e. The van der Waals surface area contributed by atoms with Gasteiger partial charge >= 0.3 is 0 Å². The number of anilines is 4. The van der Waals surface area contributed by atoms with E-state index in [-0.39, 0.29) is 0 Å². The third-order valence-corrected chi connectivity index (χ3v) is 5.88. The molecule has 8 heteroatoms. The van der Waals surface area contributed by atoms with Crippen LogP contribution in [0.3, 0.4) is 0 Å². The predicted octanol–water partition coefficient (Wildman–Crippen LogP) is 3.52. The number of fused-ring (bicyclic) bond motifs is 2. The molecule has 8 nitrogen and oxygen atoms in total. The number of ether oxygens (including phenoxy) is 1. The van der Waals surface area contributed by atoms with Crippen LogP contribution in [0.25, 0.3) is 16.9 Å². The molecular weight excluding hydrogens is 404 g/mol. The molecular formula is C24H24N6O2. The second-order valence-electron chi connectivity index (χ2n) is 8.64. The van der Waals surface area contributed by atoms with Crippen LogP contribution in [0.15, 0.2) is 61.1 Å². The van der Waals surface area contributed by atoms with E-state index >= 15 is 0 Å². The highest BCUT2D eigenvalue weighted by Gasteiger charge is 2.36. The normalized spacial score (nSPS) is 16.6. The molecule has 2 aliphatic heterocycles. The summed E-state index contributed by atoms with van der Waals surface area (Å²) in [5, 5.41) is 16.8. The Labute approximate surface area is 185 Å². The van der Waals surface area contributed by atoms with Gasteiger partial charge in [-0.2, -0.15) is 0 Å². The molecule has 2 aromatic carbocycles. The second-order valence-corrected chi connectivity index (χ2v) is 8.64. The maximum absolute atomic E-state index is 9.98. The Balaban J connectivity index is 1.30. The van der Waals surface area contributed by atoms with Crippen LogP contribution in [-0.4, -0.2) is 51.3 Å². The van der Waals surface area contributed by atoms with E-state index in [1.54, 1.807) is 6.20 Å². The first kappa shape index (κ1) is 18.9. The van der Waals surface area contributed by atoms with Crippen LogP contribution in [0, 0.1) is 0 Å². The first-order chi connectivity index (χ1) is 15.5. The summed E-state index contributed by atoms with van der Waals surface area (Å²) in [6, 6.07) is 14.2. The fourth-order valence-corrected chi connectivity index (χ4v) is 4.31. The van der Waals surface area contributed by atoms with E-state index in [4.69, 9.17) is 9.72 Å². The fraction of sp³-hybridized carbons (Fsp3) is 0.250. The lowest BCUT2D eigenvalue weighted by Gasteiger charge is -2.45. The van der Waals surface area contributed by atoms with Crippen LogP contribution in [0.5, 0.6) is 5.75 Å². The van der Waals surface area contributed by atoms with Crippen molar-refractivity contribution in [2.24, 2.45) is 0 Å². The molecule has 2 aliphatic rings. The maximum atomic E-state index is 9.98. The zero-order valence-corrected chi connectivity index (χ0v) is 17.7. The fourth-order valence-electron chi connectivity index (χ4n) is 4.31. The Kier molecular flexibility index (Phi) is 4.22. The SMILES string of the molecule is CC1(O)CN(c2ccc(Nc3nc(-c4ccc5c(c4)NCCO5)cn4ccnc34)cc2)C1. The molecule has 0 bridgehead atoms. The molecule has 6 rings (SSSR count). The molecule has 1 saturated heterocycles. The molecule has 0 unspecified atom stereocenters. The number of β-amino-alcohol motifs (C(OH)–C–C–N with tert-alkyl or cyclic N) is 1. The number of aromatic nitrogens is 3. The summed E-state index contributed by atoms with van der Waals surface area (Å²) in [4.78, 5) is 11.5. The van der Waals surface area contributed by atoms with Gasteiger partial charge in [0, 0.05) is 55.2 Å². The number of rotatable bonds is 4. The van der Waals surface area contributed by atoms with Crippen molar-refractivity contribution in [3.8, 4) is 17.0 Å². The largest absolute Gasteiger partial charge is 0.490 e. The second kappa shape index (κ2) is 7.13. The van der Waals surface area contributed by atoms with Gasteiger partial charge in [0.15, 0.2) is 11.5 Å². The van der Waals surface area contributed by atoms with Crippen LogP contribution in [-0.2, 0) is 0 Å². The molecule has 0 atom stereocenters. The summed E-state index contributed by atoms with van der Waals surface area (Å²) in [6.45, 7) is 4.63. The lowest BCUT2D eigenvalue weighted by Crippen LogP contribution is -2.60. The van der Waals surface area contributed by atoms with Crippen LogP contribution >= 0.6 is 0 Å². The molecule has 162 valence electrons. The van der Waals surface area contributed by atoms with Gasteiger partial charge in [-0.05, 0) is 49.4 Å². The third-order valence-electron chi connectivity index (χ3n) is 5.88. The molecule has 2 aromatic heterocycles. The highest BCUT2D eigenvalue weighted by atomic mass is 16.5. The van der Waals surface area contributed by atoms with Crippen molar-refractivity contribution < 1.29 is 9.84 Å². The number of benzene rings is 2. The van der Waals surface area contributed by atoms with Crippen LogP contribution < -0.4 is 20.3 Å². The van der Waals surface area contributed by atoms with Gasteiger partial charge in [0.1, 0.15) is 12.4 Å². The molecule has 0 spiro atoms. The molecule has 4 aromatic rings. The quantitative estimate of drug-likeness (QED) is 0.458. The zero-order chi connectivity index (χ0) is 21.7. The van der Waals surface area contributed by atoms with Gasteiger partial charge in [-0.25, -0.2) is 9.97 Å². The zero-order valence-electron chi connectivity index (χ0n) is 17.7. The van der Waals surface area contributed by atoms with E-state index in [9.17, 15) is 5.11 Å². The average molecular weight is 428 g/mol. The highest BCUT2D eigenvalue weighted by molar-refractivity contribution is 5.76. The molecule has 0 aliphatic carbocycles. The van der Waals surface area contributed by atoms with Crippen LogP contribution in [0.1, 0.15) is 6.92 Å². The van der Waals surface area contributed by atoms with E-state index in [0.29, 0.717) is 25.5 Å². The molecule has 4 heterocycles. The topological polar surface area (TPSA) is 87.0 Å². The lowest BCUT2D eigenvalue weighted by atomic mass is 9.96. The summed E-state index contributed by atoms with van der Waals surface area (Å²) in [5.74, 6) is 1.56. The Morgan fingerprint density at radius 3 is 2.81 bits per heavy atom. The minimum absolute atomic E-state index is 0.591. The van der Waals surface area contributed by atoms with Crippen molar-refractivity contribution in [2.45, 2.75) is 12.5 Å². The van der Waals surface area contributed by atoms with E-state index in [0.717, 1.165) is 46.3 Å². The minimum Gasteiger partial charge on any atom is -0.490 e. The Hall–Kier alpha value is -3.78. The van der Waals surface area contributed by atoms with Crippen molar-refractivity contribution in [3.63, 3.8) is 0 Å². The minimum atomic E-state index is -0.591. The average Bonchev–Trinajstić information content (AvgIpc) is 3.27. The summed E-state index contributed by atoms with van der Waals surface area (Å²) in [5.41, 5.74) is 5.02. The molecule has 3 N–H and O–H groups in total. The van der Waals surface area contributed by atoms with E-state index in [2.05, 4.69) is 38.7 Å². The first-order valence-corrected chi connectivity index (χ1v) is 10.7. The van der Waals surface area contributed by atoms with Gasteiger partial charge in [-0.15, -0.1) is 0 Å². The molecule has 0 amide bonds. The number of nitrogens with zero attached hydrogens (tertiary/aromatic N) is 4. The number of aliphatic hydroxyl groups is 1. The van der Waals surface area contributed by atoms with E-state index in [1.807, 2.05) is 48.0 Å². The molecule has 0 saturated carbocycles. The van der Waals surface area contributed by atoms with Gasteiger partial charge in [0.05, 0.1) is 17.0 Å². The number of hydrogen-bond donors (Lipinski definition) is 3. The van der Waals surface area contributed by atoms with Crippen molar-refractivity contribution in [2.75, 3.05) is 41.8 Å². The Morgan fingerprint density at radius 1 is 1.16 bits per heavy atom. The maximum Gasteiger partial charge on any atom is 0.180 e. The van der Waals surface area contributed by atoms with Crippen molar-refractivity contribution >= 4 is 28.5 Å². The Morgan fingerprint density at radius 2 is 2.00 bits per heavy atom. The van der Waals surface area contributed by atoms with E-state index in [1.165, 1.54) is 0 Å². The van der Waals surface area contributed by atoms with Crippen LogP contribution in [0.4, 0.5) is 22.9 Å². The van der Waals surface area contributed by atoms with Crippen molar-refractivity contribution in [1.29, 1.82) is 0 Å². The Bertz CT molecular complexity index is 1290. The first-order valence-electron chi connectivity index (χ1n) is 10.7. The lowest BCUT2D eigenvalue weighted by molar-refractivity contribution is 0.0310. The van der Waals surface area contributed by atoms with Gasteiger partial charge in [0.2, 0.25) is 0 Å². The van der Waals surface area contributed by atoms with Gasteiger partial charge < -0.3 is 29.8 Å². The number of imidazole rings is 1. The number of nitrogens with one attached hydrogen (secondary N) is 2. The van der Waals surface area contributed by atoms with Crippen molar-refractivity contribution in [3.05, 3.63) is 61.1 Å².